The monoisotopic (exact) mass is 216 g/mol. The van der Waals surface area contributed by atoms with Gasteiger partial charge in [-0.1, -0.05) is 31.2 Å². The Morgan fingerprint density at radius 1 is 1.33 bits per heavy atom. The van der Waals surface area contributed by atoms with Crippen molar-refractivity contribution in [3.05, 3.63) is 46.8 Å². The zero-order chi connectivity index (χ0) is 10.7. The van der Waals surface area contributed by atoms with Crippen molar-refractivity contribution in [1.29, 1.82) is 0 Å². The number of rotatable bonds is 3. The molecule has 1 nitrogen and oxygen atoms in total. The molecule has 0 amide bonds. The number of benzene rings is 1. The quantitative estimate of drug-likeness (QED) is 0.713. The second kappa shape index (κ2) is 4.41. The summed E-state index contributed by atoms with van der Waals surface area (Å²) in [6.07, 6.45) is 1.93. The van der Waals surface area contributed by atoms with Gasteiger partial charge in [0.1, 0.15) is 0 Å². The molecule has 2 aromatic rings. The number of hydrogen-bond donors (Lipinski definition) is 0. The van der Waals surface area contributed by atoms with Crippen LogP contribution < -0.4 is 0 Å². The fraction of sp³-hybridized carbons (Fsp3) is 0.154. The van der Waals surface area contributed by atoms with Gasteiger partial charge in [-0.25, -0.2) is 0 Å². The fourth-order valence-corrected chi connectivity index (χ4v) is 2.36. The first-order valence-electron chi connectivity index (χ1n) is 4.96. The standard InChI is InChI=1S/C13H12OS/c1-2-10-4-3-5-12(6-10)13-7-11(8-14)9-15-13/h3-9H,2H2,1H3. The molecule has 1 heterocycles. The molecule has 0 aliphatic carbocycles. The van der Waals surface area contributed by atoms with Crippen LogP contribution in [0.5, 0.6) is 0 Å². The third-order valence-electron chi connectivity index (χ3n) is 2.38. The molecule has 2 rings (SSSR count). The van der Waals surface area contributed by atoms with Crippen molar-refractivity contribution < 1.29 is 4.79 Å². The number of thiophene rings is 1. The molecule has 1 aromatic heterocycles. The molecule has 0 aliphatic heterocycles. The van der Waals surface area contributed by atoms with Crippen LogP contribution in [0.25, 0.3) is 10.4 Å². The maximum Gasteiger partial charge on any atom is 0.150 e. The number of aryl methyl sites for hydroxylation is 1. The van der Waals surface area contributed by atoms with Crippen molar-refractivity contribution in [2.75, 3.05) is 0 Å². The van der Waals surface area contributed by atoms with Crippen LogP contribution in [-0.4, -0.2) is 6.29 Å². The maximum atomic E-state index is 10.6. The van der Waals surface area contributed by atoms with Gasteiger partial charge in [-0.3, -0.25) is 4.79 Å². The Morgan fingerprint density at radius 2 is 2.20 bits per heavy atom. The molecule has 0 aliphatic rings. The summed E-state index contributed by atoms with van der Waals surface area (Å²) in [6, 6.07) is 10.4. The van der Waals surface area contributed by atoms with Gasteiger partial charge in [-0.2, -0.15) is 0 Å². The van der Waals surface area contributed by atoms with E-state index < -0.39 is 0 Å². The van der Waals surface area contributed by atoms with E-state index in [1.165, 1.54) is 11.1 Å². The summed E-state index contributed by atoms with van der Waals surface area (Å²) < 4.78 is 0. The van der Waals surface area contributed by atoms with Crippen LogP contribution in [0.1, 0.15) is 22.8 Å². The number of aldehydes is 1. The SMILES string of the molecule is CCc1cccc(-c2cc(C=O)cs2)c1. The van der Waals surface area contributed by atoms with Crippen LogP contribution in [0.15, 0.2) is 35.7 Å². The maximum absolute atomic E-state index is 10.6. The number of hydrogen-bond acceptors (Lipinski definition) is 2. The van der Waals surface area contributed by atoms with Crippen LogP contribution in [0.4, 0.5) is 0 Å². The Labute approximate surface area is 93.4 Å². The van der Waals surface area contributed by atoms with E-state index in [0.29, 0.717) is 0 Å². The second-order valence-electron chi connectivity index (χ2n) is 3.42. The molecule has 0 atom stereocenters. The minimum absolute atomic E-state index is 0.761. The first-order valence-corrected chi connectivity index (χ1v) is 5.84. The van der Waals surface area contributed by atoms with Crippen LogP contribution >= 0.6 is 11.3 Å². The highest BCUT2D eigenvalue weighted by Gasteiger charge is 2.02. The van der Waals surface area contributed by atoms with Crippen molar-refractivity contribution in [2.24, 2.45) is 0 Å². The van der Waals surface area contributed by atoms with E-state index in [0.717, 1.165) is 23.1 Å². The Balaban J connectivity index is 2.39. The highest BCUT2D eigenvalue weighted by atomic mass is 32.1. The molecule has 0 bridgehead atoms. The molecular weight excluding hydrogens is 204 g/mol. The Bertz CT molecular complexity index is 471. The second-order valence-corrected chi connectivity index (χ2v) is 4.33. The lowest BCUT2D eigenvalue weighted by molar-refractivity contribution is 0.112. The van der Waals surface area contributed by atoms with E-state index in [1.807, 2.05) is 11.4 Å². The summed E-state index contributed by atoms with van der Waals surface area (Å²) in [7, 11) is 0. The van der Waals surface area contributed by atoms with E-state index in [-0.39, 0.29) is 0 Å². The zero-order valence-corrected chi connectivity index (χ0v) is 9.38. The van der Waals surface area contributed by atoms with Gasteiger partial charge in [0.25, 0.3) is 0 Å². The van der Waals surface area contributed by atoms with Gasteiger partial charge in [0, 0.05) is 15.8 Å². The van der Waals surface area contributed by atoms with Crippen molar-refractivity contribution in [2.45, 2.75) is 13.3 Å². The minimum atomic E-state index is 0.761. The van der Waals surface area contributed by atoms with Crippen LogP contribution in [0.2, 0.25) is 0 Å². The van der Waals surface area contributed by atoms with Gasteiger partial charge >= 0.3 is 0 Å². The van der Waals surface area contributed by atoms with E-state index in [4.69, 9.17) is 0 Å². The summed E-state index contributed by atoms with van der Waals surface area (Å²) >= 11 is 1.62. The molecule has 76 valence electrons. The highest BCUT2D eigenvalue weighted by molar-refractivity contribution is 7.13. The topological polar surface area (TPSA) is 17.1 Å². The Morgan fingerprint density at radius 3 is 2.87 bits per heavy atom. The summed E-state index contributed by atoms with van der Waals surface area (Å²) in [5, 5.41) is 1.89. The molecule has 0 fully saturated rings. The van der Waals surface area contributed by atoms with Gasteiger partial charge in [-0.05, 0) is 23.6 Å². The van der Waals surface area contributed by atoms with Crippen molar-refractivity contribution in [3.8, 4) is 10.4 Å². The lowest BCUT2D eigenvalue weighted by Crippen LogP contribution is -1.80. The predicted molar refractivity (Wildman–Crippen MR) is 64.5 cm³/mol. The zero-order valence-electron chi connectivity index (χ0n) is 8.57. The first-order chi connectivity index (χ1) is 7.33. The lowest BCUT2D eigenvalue weighted by atomic mass is 10.1. The minimum Gasteiger partial charge on any atom is -0.298 e. The van der Waals surface area contributed by atoms with E-state index in [9.17, 15) is 4.79 Å². The van der Waals surface area contributed by atoms with Crippen LogP contribution in [0, 0.1) is 0 Å². The largest absolute Gasteiger partial charge is 0.298 e. The van der Waals surface area contributed by atoms with Gasteiger partial charge in [-0.15, -0.1) is 11.3 Å². The molecule has 0 saturated heterocycles. The molecule has 1 aromatic carbocycles. The Hall–Kier alpha value is -1.41. The molecule has 2 heteroatoms. The lowest BCUT2D eigenvalue weighted by Gasteiger charge is -2.00. The van der Waals surface area contributed by atoms with Crippen LogP contribution in [-0.2, 0) is 6.42 Å². The van der Waals surface area contributed by atoms with Gasteiger partial charge in [0.2, 0.25) is 0 Å². The summed E-state index contributed by atoms with van der Waals surface area (Å²) in [5.74, 6) is 0. The molecule has 0 N–H and O–H groups in total. The molecule has 15 heavy (non-hydrogen) atoms. The summed E-state index contributed by atoms with van der Waals surface area (Å²) in [4.78, 5) is 11.7. The van der Waals surface area contributed by atoms with E-state index >= 15 is 0 Å². The third kappa shape index (κ3) is 2.16. The fourth-order valence-electron chi connectivity index (χ4n) is 1.51. The van der Waals surface area contributed by atoms with Gasteiger partial charge in [0.05, 0.1) is 0 Å². The average Bonchev–Trinajstić information content (AvgIpc) is 2.78. The summed E-state index contributed by atoms with van der Waals surface area (Å²) in [5.41, 5.74) is 3.29. The average molecular weight is 216 g/mol. The smallest absolute Gasteiger partial charge is 0.150 e. The summed E-state index contributed by atoms with van der Waals surface area (Å²) in [6.45, 7) is 2.14. The number of carbonyl (C=O) groups excluding carboxylic acids is 1. The molecule has 0 saturated carbocycles. The molecule has 0 spiro atoms. The predicted octanol–water partition coefficient (Wildman–Crippen LogP) is 3.79. The molecule has 0 radical (unpaired) electrons. The third-order valence-corrected chi connectivity index (χ3v) is 3.37. The Kier molecular flexibility index (Phi) is 2.97. The van der Waals surface area contributed by atoms with E-state index in [1.54, 1.807) is 11.3 Å². The van der Waals surface area contributed by atoms with Crippen molar-refractivity contribution >= 4 is 17.6 Å². The normalized spacial score (nSPS) is 10.2. The van der Waals surface area contributed by atoms with Gasteiger partial charge < -0.3 is 0 Å². The number of carbonyl (C=O) groups is 1. The molecular formula is C13H12OS. The van der Waals surface area contributed by atoms with Gasteiger partial charge in [0.15, 0.2) is 6.29 Å². The first kappa shape index (κ1) is 10.1. The van der Waals surface area contributed by atoms with Crippen molar-refractivity contribution in [1.82, 2.24) is 0 Å². The van der Waals surface area contributed by atoms with Crippen LogP contribution in [0.3, 0.4) is 0 Å². The van der Waals surface area contributed by atoms with Crippen molar-refractivity contribution in [3.63, 3.8) is 0 Å². The molecule has 0 unspecified atom stereocenters. The highest BCUT2D eigenvalue weighted by Crippen LogP contribution is 2.27. The van der Waals surface area contributed by atoms with E-state index in [2.05, 4.69) is 31.2 Å².